The van der Waals surface area contributed by atoms with E-state index in [9.17, 15) is 8.78 Å². The van der Waals surface area contributed by atoms with Crippen molar-refractivity contribution in [1.82, 2.24) is 9.97 Å². The van der Waals surface area contributed by atoms with Crippen LogP contribution < -0.4 is 0 Å². The molecule has 0 aliphatic rings. The predicted octanol–water partition coefficient (Wildman–Crippen LogP) is 2.75. The van der Waals surface area contributed by atoms with Crippen molar-refractivity contribution in [1.29, 1.82) is 0 Å². The van der Waals surface area contributed by atoms with E-state index < -0.39 is 11.6 Å². The van der Waals surface area contributed by atoms with Gasteiger partial charge in [0.15, 0.2) is 5.82 Å². The first-order valence-corrected chi connectivity index (χ1v) is 4.67. The third kappa shape index (κ3) is 1.31. The van der Waals surface area contributed by atoms with Crippen LogP contribution in [0.25, 0.3) is 11.0 Å². The largest absolute Gasteiger partial charge is 0.342 e. The van der Waals surface area contributed by atoms with Crippen molar-refractivity contribution in [2.75, 3.05) is 0 Å². The van der Waals surface area contributed by atoms with Gasteiger partial charge >= 0.3 is 0 Å². The van der Waals surface area contributed by atoms with Crippen LogP contribution >= 0.6 is 22.6 Å². The molecule has 0 amide bonds. The number of H-pyrrole nitrogens is 1. The Bertz CT molecular complexity index is 478. The van der Waals surface area contributed by atoms with Crippen molar-refractivity contribution in [3.8, 4) is 0 Å². The molecular formula is C8H5F2IN2. The molecule has 0 saturated carbocycles. The third-order valence-corrected chi connectivity index (χ3v) is 2.72. The molecule has 5 heteroatoms. The minimum atomic E-state index is -0.597. The maximum absolute atomic E-state index is 13.3. The Morgan fingerprint density at radius 1 is 1.46 bits per heavy atom. The van der Waals surface area contributed by atoms with Gasteiger partial charge in [0.25, 0.3) is 0 Å². The van der Waals surface area contributed by atoms with Crippen molar-refractivity contribution in [2.45, 2.75) is 6.92 Å². The molecule has 13 heavy (non-hydrogen) atoms. The number of halogens is 3. The Morgan fingerprint density at radius 3 is 2.85 bits per heavy atom. The minimum Gasteiger partial charge on any atom is -0.342 e. The average Bonchev–Trinajstić information content (AvgIpc) is 2.42. The summed E-state index contributed by atoms with van der Waals surface area (Å²) in [6.07, 6.45) is 0. The molecule has 1 aromatic heterocycles. The quantitative estimate of drug-likeness (QED) is 0.587. The van der Waals surface area contributed by atoms with E-state index >= 15 is 0 Å². The summed E-state index contributed by atoms with van der Waals surface area (Å²) >= 11 is 1.62. The molecule has 1 aromatic carbocycles. The second kappa shape index (κ2) is 2.90. The second-order valence-corrected chi connectivity index (χ2v) is 3.78. The number of imidazole rings is 1. The van der Waals surface area contributed by atoms with Gasteiger partial charge in [-0.05, 0) is 29.5 Å². The summed E-state index contributed by atoms with van der Waals surface area (Å²) in [6, 6.07) is 1.25. The van der Waals surface area contributed by atoms with Crippen LogP contribution in [0.1, 0.15) is 5.82 Å². The molecule has 2 rings (SSSR count). The van der Waals surface area contributed by atoms with E-state index in [-0.39, 0.29) is 9.09 Å². The van der Waals surface area contributed by atoms with Crippen molar-refractivity contribution in [3.63, 3.8) is 0 Å². The van der Waals surface area contributed by atoms with Gasteiger partial charge in [-0.15, -0.1) is 0 Å². The van der Waals surface area contributed by atoms with Crippen LogP contribution in [0.4, 0.5) is 8.78 Å². The monoisotopic (exact) mass is 294 g/mol. The van der Waals surface area contributed by atoms with E-state index in [2.05, 4.69) is 9.97 Å². The summed E-state index contributed by atoms with van der Waals surface area (Å²) in [5.41, 5.74) is 0.594. The smallest absolute Gasteiger partial charge is 0.167 e. The summed E-state index contributed by atoms with van der Waals surface area (Å²) < 4.78 is 26.3. The van der Waals surface area contributed by atoms with Crippen LogP contribution in [0.5, 0.6) is 0 Å². The lowest BCUT2D eigenvalue weighted by Crippen LogP contribution is -1.89. The van der Waals surface area contributed by atoms with Crippen molar-refractivity contribution in [3.05, 3.63) is 27.1 Å². The molecule has 0 bridgehead atoms. The summed E-state index contributed by atoms with van der Waals surface area (Å²) in [4.78, 5) is 6.69. The van der Waals surface area contributed by atoms with Crippen LogP contribution in [0.15, 0.2) is 6.07 Å². The lowest BCUT2D eigenvalue weighted by Gasteiger charge is -1.96. The molecular weight excluding hydrogens is 289 g/mol. The molecule has 68 valence electrons. The third-order valence-electron chi connectivity index (χ3n) is 1.73. The highest BCUT2D eigenvalue weighted by atomic mass is 127. The molecule has 0 radical (unpaired) electrons. The first-order valence-electron chi connectivity index (χ1n) is 3.59. The van der Waals surface area contributed by atoms with Gasteiger partial charge in [-0.1, -0.05) is 0 Å². The first-order chi connectivity index (χ1) is 6.09. The molecule has 1 heterocycles. The molecule has 0 unspecified atom stereocenters. The Labute approximate surface area is 86.5 Å². The van der Waals surface area contributed by atoms with Crippen molar-refractivity contribution in [2.24, 2.45) is 0 Å². The van der Waals surface area contributed by atoms with Crippen LogP contribution in [0.2, 0.25) is 0 Å². The maximum atomic E-state index is 13.3. The highest BCUT2D eigenvalue weighted by Gasteiger charge is 2.13. The topological polar surface area (TPSA) is 28.7 Å². The van der Waals surface area contributed by atoms with Crippen LogP contribution in [0, 0.1) is 22.1 Å². The predicted molar refractivity (Wildman–Crippen MR) is 53.5 cm³/mol. The minimum absolute atomic E-state index is 0.0170. The van der Waals surface area contributed by atoms with Crippen LogP contribution in [-0.2, 0) is 0 Å². The Morgan fingerprint density at radius 2 is 2.15 bits per heavy atom. The molecule has 2 aromatic rings. The zero-order chi connectivity index (χ0) is 9.59. The SMILES string of the molecule is Cc1nc2c(F)c(I)c(F)cc2[nH]1. The molecule has 0 saturated heterocycles. The second-order valence-electron chi connectivity index (χ2n) is 2.70. The molecule has 0 aliphatic carbocycles. The summed E-state index contributed by atoms with van der Waals surface area (Å²) in [6.45, 7) is 1.70. The number of aryl methyl sites for hydroxylation is 1. The van der Waals surface area contributed by atoms with Gasteiger partial charge in [-0.3, -0.25) is 0 Å². The number of aromatic amines is 1. The summed E-state index contributed by atoms with van der Waals surface area (Å²) in [7, 11) is 0. The number of benzene rings is 1. The molecule has 0 fully saturated rings. The molecule has 1 N–H and O–H groups in total. The number of aromatic nitrogens is 2. The van der Waals surface area contributed by atoms with Crippen LogP contribution in [0.3, 0.4) is 0 Å². The van der Waals surface area contributed by atoms with Gasteiger partial charge in [0, 0.05) is 6.07 Å². The Hall–Kier alpha value is -0.720. The van der Waals surface area contributed by atoms with Crippen molar-refractivity contribution >= 4 is 33.6 Å². The average molecular weight is 294 g/mol. The van der Waals surface area contributed by atoms with E-state index in [1.54, 1.807) is 29.5 Å². The van der Waals surface area contributed by atoms with Gasteiger partial charge in [-0.25, -0.2) is 13.8 Å². The van der Waals surface area contributed by atoms with E-state index in [4.69, 9.17) is 0 Å². The standard InChI is InChI=1S/C8H5F2IN2/c1-3-12-5-2-4(9)7(11)6(10)8(5)13-3/h2H,1H3,(H,12,13). The van der Waals surface area contributed by atoms with E-state index in [1.807, 2.05) is 0 Å². The summed E-state index contributed by atoms with van der Waals surface area (Å²) in [5, 5.41) is 0. The number of hydrogen-bond donors (Lipinski definition) is 1. The highest BCUT2D eigenvalue weighted by molar-refractivity contribution is 14.1. The number of fused-ring (bicyclic) bond motifs is 1. The molecule has 2 nitrogen and oxygen atoms in total. The van der Waals surface area contributed by atoms with E-state index in [0.717, 1.165) is 0 Å². The zero-order valence-electron chi connectivity index (χ0n) is 6.66. The number of rotatable bonds is 0. The van der Waals surface area contributed by atoms with Crippen molar-refractivity contribution < 1.29 is 8.78 Å². The van der Waals surface area contributed by atoms with Gasteiger partial charge in [-0.2, -0.15) is 0 Å². The number of nitrogens with one attached hydrogen (secondary N) is 1. The number of hydrogen-bond acceptors (Lipinski definition) is 1. The molecule has 0 atom stereocenters. The Kier molecular flexibility index (Phi) is 1.98. The summed E-state index contributed by atoms with van der Waals surface area (Å²) in [5.74, 6) is -0.579. The number of nitrogens with zero attached hydrogens (tertiary/aromatic N) is 1. The van der Waals surface area contributed by atoms with Gasteiger partial charge in [0.1, 0.15) is 17.2 Å². The normalized spacial score (nSPS) is 11.1. The van der Waals surface area contributed by atoms with E-state index in [1.165, 1.54) is 6.07 Å². The fourth-order valence-electron chi connectivity index (χ4n) is 1.18. The highest BCUT2D eigenvalue weighted by Crippen LogP contribution is 2.23. The maximum Gasteiger partial charge on any atom is 0.167 e. The lowest BCUT2D eigenvalue weighted by atomic mass is 10.3. The van der Waals surface area contributed by atoms with Gasteiger partial charge in [0.05, 0.1) is 9.09 Å². The molecule has 0 spiro atoms. The van der Waals surface area contributed by atoms with Gasteiger partial charge < -0.3 is 4.98 Å². The fourth-order valence-corrected chi connectivity index (χ4v) is 1.59. The molecule has 0 aliphatic heterocycles. The first kappa shape index (κ1) is 8.86. The lowest BCUT2D eigenvalue weighted by molar-refractivity contribution is 0.578. The van der Waals surface area contributed by atoms with Crippen LogP contribution in [-0.4, -0.2) is 9.97 Å². The Balaban J connectivity index is 2.92. The fraction of sp³-hybridized carbons (Fsp3) is 0.125. The van der Waals surface area contributed by atoms with Gasteiger partial charge in [0.2, 0.25) is 0 Å². The van der Waals surface area contributed by atoms with E-state index in [0.29, 0.717) is 11.3 Å². The zero-order valence-corrected chi connectivity index (χ0v) is 8.82.